The molecule has 7 nitrogen and oxygen atoms in total. The van der Waals surface area contributed by atoms with E-state index < -0.39 is 33.7 Å². The molecule has 0 amide bonds. The van der Waals surface area contributed by atoms with Gasteiger partial charge in [0.25, 0.3) is 10.1 Å². The molecule has 1 aromatic rings. The number of carbonyl (C=O) groups is 1. The van der Waals surface area contributed by atoms with Gasteiger partial charge in [-0.1, -0.05) is 17.7 Å². The van der Waals surface area contributed by atoms with Crippen molar-refractivity contribution in [2.75, 3.05) is 6.61 Å². The maximum absolute atomic E-state index is 12.4. The zero-order chi connectivity index (χ0) is 21.2. The van der Waals surface area contributed by atoms with Crippen molar-refractivity contribution in [3.63, 3.8) is 0 Å². The normalized spacial score (nSPS) is 22.6. The van der Waals surface area contributed by atoms with Crippen LogP contribution in [0.3, 0.4) is 0 Å². The van der Waals surface area contributed by atoms with Gasteiger partial charge in [-0.05, 0) is 53.7 Å². The first-order valence-electron chi connectivity index (χ1n) is 9.29. The van der Waals surface area contributed by atoms with E-state index in [4.69, 9.17) is 18.4 Å². The van der Waals surface area contributed by atoms with Crippen LogP contribution in [-0.4, -0.2) is 44.6 Å². The van der Waals surface area contributed by atoms with Gasteiger partial charge in [-0.25, -0.2) is 0 Å². The van der Waals surface area contributed by atoms with E-state index in [0.717, 1.165) is 5.56 Å². The number of aryl methyl sites for hydroxylation is 1. The Morgan fingerprint density at radius 1 is 1.14 bits per heavy atom. The van der Waals surface area contributed by atoms with Crippen LogP contribution in [0.25, 0.3) is 0 Å². The Bertz CT molecular complexity index is 776. The molecular weight excluding hydrogens is 384 g/mol. The number of rotatable bonds is 6. The zero-order valence-electron chi connectivity index (χ0n) is 17.4. The van der Waals surface area contributed by atoms with Crippen LogP contribution in [0.15, 0.2) is 29.2 Å². The molecule has 0 radical (unpaired) electrons. The fourth-order valence-corrected chi connectivity index (χ4v) is 3.89. The van der Waals surface area contributed by atoms with Gasteiger partial charge in [-0.15, -0.1) is 0 Å². The highest BCUT2D eigenvalue weighted by atomic mass is 32.2. The Labute approximate surface area is 167 Å². The first kappa shape index (κ1) is 22.8. The first-order valence-corrected chi connectivity index (χ1v) is 10.7. The second-order valence-electron chi connectivity index (χ2n) is 8.46. The van der Waals surface area contributed by atoms with Crippen LogP contribution in [0, 0.1) is 6.92 Å². The molecule has 2 rings (SSSR count). The number of hydrogen-bond acceptors (Lipinski definition) is 7. The van der Waals surface area contributed by atoms with Crippen LogP contribution in [0.5, 0.6) is 0 Å². The molecule has 28 heavy (non-hydrogen) atoms. The second-order valence-corrected chi connectivity index (χ2v) is 10.1. The second kappa shape index (κ2) is 8.49. The quantitative estimate of drug-likeness (QED) is 0.521. The third-order valence-corrected chi connectivity index (χ3v) is 5.26. The van der Waals surface area contributed by atoms with Crippen molar-refractivity contribution in [2.45, 2.75) is 82.9 Å². The average Bonchev–Trinajstić information content (AvgIpc) is 2.50. The highest BCUT2D eigenvalue weighted by Gasteiger charge is 2.38. The van der Waals surface area contributed by atoms with Crippen LogP contribution in [0.2, 0.25) is 0 Å². The molecule has 2 atom stereocenters. The summed E-state index contributed by atoms with van der Waals surface area (Å²) in [5.74, 6) is -1.34. The molecule has 8 heteroatoms. The fourth-order valence-electron chi connectivity index (χ4n) is 2.95. The van der Waals surface area contributed by atoms with Crippen molar-refractivity contribution in [1.29, 1.82) is 0 Å². The van der Waals surface area contributed by atoms with E-state index in [9.17, 15) is 13.2 Å². The summed E-state index contributed by atoms with van der Waals surface area (Å²) >= 11 is 0. The highest BCUT2D eigenvalue weighted by Crippen LogP contribution is 2.29. The molecule has 0 N–H and O–H groups in total. The summed E-state index contributed by atoms with van der Waals surface area (Å²) in [6, 6.07) is 6.43. The van der Waals surface area contributed by atoms with E-state index in [1.54, 1.807) is 46.8 Å². The van der Waals surface area contributed by atoms with Crippen LogP contribution in [-0.2, 0) is 33.3 Å². The molecule has 1 aromatic carbocycles. The lowest BCUT2D eigenvalue weighted by atomic mass is 10.1. The first-order chi connectivity index (χ1) is 12.8. The molecule has 0 bridgehead atoms. The van der Waals surface area contributed by atoms with E-state index in [0.29, 0.717) is 6.42 Å². The Balaban J connectivity index is 1.98. The number of carbonyl (C=O) groups excluding carboxylic acids is 1. The number of hydrogen-bond donors (Lipinski definition) is 0. The largest absolute Gasteiger partial charge is 0.460 e. The standard InChI is InChI=1S/C20H30O7S/c1-14-7-9-17(10-8-14)28(22,23)24-13-16-11-15(25-20(5,6)26-16)12-18(21)27-19(2,3)4/h7-10,15-16H,11-13H2,1-6H3/t15-,16+/m1/s1. The van der Waals surface area contributed by atoms with Crippen LogP contribution < -0.4 is 0 Å². The minimum Gasteiger partial charge on any atom is -0.460 e. The molecule has 0 aromatic heterocycles. The Hall–Kier alpha value is -1.48. The molecule has 1 saturated heterocycles. The molecule has 1 heterocycles. The van der Waals surface area contributed by atoms with Gasteiger partial charge in [-0.2, -0.15) is 8.42 Å². The third-order valence-electron chi connectivity index (χ3n) is 3.96. The minimum absolute atomic E-state index is 0.0608. The third kappa shape index (κ3) is 7.16. The van der Waals surface area contributed by atoms with Crippen molar-refractivity contribution in [3.8, 4) is 0 Å². The van der Waals surface area contributed by atoms with E-state index >= 15 is 0 Å². The van der Waals surface area contributed by atoms with Crippen molar-refractivity contribution in [3.05, 3.63) is 29.8 Å². The summed E-state index contributed by atoms with van der Waals surface area (Å²) in [5, 5.41) is 0. The van der Waals surface area contributed by atoms with Gasteiger partial charge in [-0.3, -0.25) is 8.98 Å². The van der Waals surface area contributed by atoms with Crippen LogP contribution in [0.1, 0.15) is 53.0 Å². The smallest absolute Gasteiger partial charge is 0.308 e. The van der Waals surface area contributed by atoms with Crippen molar-refractivity contribution in [1.82, 2.24) is 0 Å². The van der Waals surface area contributed by atoms with Crippen molar-refractivity contribution >= 4 is 16.1 Å². The number of esters is 1. The summed E-state index contributed by atoms with van der Waals surface area (Å²) in [6.07, 6.45) is -0.595. The SMILES string of the molecule is Cc1ccc(S(=O)(=O)OC[C@@H]2C[C@H](CC(=O)OC(C)(C)C)OC(C)(C)O2)cc1. The number of benzene rings is 1. The monoisotopic (exact) mass is 414 g/mol. The molecule has 0 spiro atoms. The minimum atomic E-state index is -3.89. The summed E-state index contributed by atoms with van der Waals surface area (Å²) in [6.45, 7) is 10.5. The Morgan fingerprint density at radius 2 is 1.71 bits per heavy atom. The lowest BCUT2D eigenvalue weighted by Crippen LogP contribution is -2.47. The van der Waals surface area contributed by atoms with E-state index in [-0.39, 0.29) is 23.9 Å². The summed E-state index contributed by atoms with van der Waals surface area (Å²) in [7, 11) is -3.89. The average molecular weight is 415 g/mol. The van der Waals surface area contributed by atoms with Crippen molar-refractivity contribution in [2.24, 2.45) is 0 Å². The molecule has 158 valence electrons. The van der Waals surface area contributed by atoms with Gasteiger partial charge in [0.05, 0.1) is 30.1 Å². The molecule has 1 aliphatic rings. The van der Waals surface area contributed by atoms with Crippen molar-refractivity contribution < 1.29 is 31.6 Å². The zero-order valence-corrected chi connectivity index (χ0v) is 18.2. The van der Waals surface area contributed by atoms with E-state index in [1.165, 1.54) is 12.1 Å². The number of ether oxygens (including phenoxy) is 3. The topological polar surface area (TPSA) is 88.1 Å². The highest BCUT2D eigenvalue weighted by molar-refractivity contribution is 7.86. The molecule has 1 aliphatic heterocycles. The molecule has 0 aliphatic carbocycles. The maximum Gasteiger partial charge on any atom is 0.308 e. The summed E-state index contributed by atoms with van der Waals surface area (Å²) in [4.78, 5) is 12.2. The van der Waals surface area contributed by atoms with Gasteiger partial charge in [0, 0.05) is 6.42 Å². The predicted molar refractivity (Wildman–Crippen MR) is 103 cm³/mol. The Morgan fingerprint density at radius 3 is 2.29 bits per heavy atom. The van der Waals surface area contributed by atoms with Gasteiger partial charge < -0.3 is 14.2 Å². The molecule has 0 saturated carbocycles. The molecular formula is C20H30O7S. The van der Waals surface area contributed by atoms with Gasteiger partial charge in [0.15, 0.2) is 5.79 Å². The lowest BCUT2D eigenvalue weighted by molar-refractivity contribution is -0.303. The molecule has 0 unspecified atom stereocenters. The lowest BCUT2D eigenvalue weighted by Gasteiger charge is -2.40. The fraction of sp³-hybridized carbons (Fsp3) is 0.650. The van der Waals surface area contributed by atoms with Gasteiger partial charge >= 0.3 is 5.97 Å². The summed E-state index contributed by atoms with van der Waals surface area (Å²) in [5.41, 5.74) is 0.376. The van der Waals surface area contributed by atoms with Gasteiger partial charge in [0.1, 0.15) is 5.60 Å². The van der Waals surface area contributed by atoms with Gasteiger partial charge in [0.2, 0.25) is 0 Å². The predicted octanol–water partition coefficient (Wildman–Crippen LogP) is 3.34. The summed E-state index contributed by atoms with van der Waals surface area (Å²) < 4.78 is 46.9. The van der Waals surface area contributed by atoms with Crippen LogP contribution >= 0.6 is 0 Å². The van der Waals surface area contributed by atoms with Crippen LogP contribution in [0.4, 0.5) is 0 Å². The Kier molecular flexibility index (Phi) is 6.91. The maximum atomic E-state index is 12.4. The van der Waals surface area contributed by atoms with E-state index in [1.807, 2.05) is 6.92 Å². The molecule has 1 fully saturated rings. The van der Waals surface area contributed by atoms with E-state index in [2.05, 4.69) is 0 Å².